The van der Waals surface area contributed by atoms with E-state index >= 15 is 0 Å². The van der Waals surface area contributed by atoms with Gasteiger partial charge in [0.05, 0.1) is 26.1 Å². The molecule has 0 aliphatic heterocycles. The fourth-order valence-corrected chi connectivity index (χ4v) is 2.50. The third-order valence-corrected chi connectivity index (χ3v) is 3.79. The lowest BCUT2D eigenvalue weighted by atomic mass is 10.2. The third-order valence-electron chi connectivity index (χ3n) is 2.74. The first-order chi connectivity index (χ1) is 10.5. The fraction of sp³-hybridized carbons (Fsp3) is 0.214. The second-order valence-corrected chi connectivity index (χ2v) is 5.23. The smallest absolute Gasteiger partial charge is 0.350 e. The number of carbonyl (C=O) groups excluding carboxylic acids is 1. The molecule has 116 valence electrons. The van der Waals surface area contributed by atoms with Crippen LogP contribution in [-0.4, -0.2) is 36.5 Å². The van der Waals surface area contributed by atoms with Crippen molar-refractivity contribution in [2.24, 2.45) is 5.10 Å². The highest BCUT2D eigenvalue weighted by molar-refractivity contribution is 7.17. The van der Waals surface area contributed by atoms with Crippen LogP contribution in [0.4, 0.5) is 5.13 Å². The lowest BCUT2D eigenvalue weighted by Gasteiger charge is -2.03. The van der Waals surface area contributed by atoms with Gasteiger partial charge in [-0.3, -0.25) is 5.43 Å². The minimum absolute atomic E-state index is 0.0610. The number of phenolic OH excluding ortho intramolecular Hbond substituents is 1. The van der Waals surface area contributed by atoms with Crippen LogP contribution in [0.2, 0.25) is 0 Å². The number of aromatic hydroxyl groups is 1. The average molecular weight is 321 g/mol. The van der Waals surface area contributed by atoms with Gasteiger partial charge in [-0.05, 0) is 30.7 Å². The molecule has 22 heavy (non-hydrogen) atoms. The van der Waals surface area contributed by atoms with Crippen molar-refractivity contribution in [1.82, 2.24) is 4.98 Å². The zero-order chi connectivity index (χ0) is 16.1. The average Bonchev–Trinajstić information content (AvgIpc) is 2.89. The second kappa shape index (κ2) is 6.90. The topological polar surface area (TPSA) is 93.0 Å². The number of ether oxygens (including phenoxy) is 2. The van der Waals surface area contributed by atoms with E-state index in [-0.39, 0.29) is 5.75 Å². The van der Waals surface area contributed by atoms with E-state index in [2.05, 4.69) is 20.2 Å². The number of aryl methyl sites for hydroxylation is 1. The van der Waals surface area contributed by atoms with E-state index in [1.54, 1.807) is 25.3 Å². The molecule has 8 heteroatoms. The monoisotopic (exact) mass is 321 g/mol. The minimum atomic E-state index is -0.421. The van der Waals surface area contributed by atoms with E-state index in [9.17, 15) is 9.90 Å². The van der Waals surface area contributed by atoms with Crippen LogP contribution in [0.1, 0.15) is 20.9 Å². The van der Waals surface area contributed by atoms with Gasteiger partial charge in [-0.15, -0.1) is 0 Å². The first kappa shape index (κ1) is 15.8. The molecule has 0 atom stereocenters. The van der Waals surface area contributed by atoms with Crippen molar-refractivity contribution >= 4 is 28.7 Å². The molecule has 0 bridgehead atoms. The quantitative estimate of drug-likeness (QED) is 0.499. The maximum Gasteiger partial charge on any atom is 0.350 e. The number of hydrogen-bond donors (Lipinski definition) is 2. The number of rotatable bonds is 5. The van der Waals surface area contributed by atoms with Crippen LogP contribution in [0.3, 0.4) is 0 Å². The summed E-state index contributed by atoms with van der Waals surface area (Å²) in [6.45, 7) is 1.72. The SMILES string of the molecule is COC(=O)c1sc(N/N=C\c2ccc(O)c(OC)c2)nc1C. The van der Waals surface area contributed by atoms with E-state index in [0.29, 0.717) is 21.5 Å². The van der Waals surface area contributed by atoms with E-state index in [0.717, 1.165) is 16.9 Å². The Kier molecular flexibility index (Phi) is 4.95. The van der Waals surface area contributed by atoms with Gasteiger partial charge in [0.15, 0.2) is 11.5 Å². The van der Waals surface area contributed by atoms with E-state index < -0.39 is 5.97 Å². The van der Waals surface area contributed by atoms with Crippen molar-refractivity contribution in [1.29, 1.82) is 0 Å². The Morgan fingerprint density at radius 1 is 1.45 bits per heavy atom. The highest BCUT2D eigenvalue weighted by atomic mass is 32.1. The maximum absolute atomic E-state index is 11.5. The third kappa shape index (κ3) is 3.53. The number of thiazole rings is 1. The number of hydrazone groups is 1. The molecule has 0 amide bonds. The minimum Gasteiger partial charge on any atom is -0.504 e. The molecular formula is C14H15N3O4S. The summed E-state index contributed by atoms with van der Waals surface area (Å²) in [6.07, 6.45) is 1.55. The molecule has 1 heterocycles. The van der Waals surface area contributed by atoms with Crippen molar-refractivity contribution in [2.45, 2.75) is 6.92 Å². The number of methoxy groups -OCH3 is 2. The van der Waals surface area contributed by atoms with Crippen LogP contribution >= 0.6 is 11.3 Å². The summed E-state index contributed by atoms with van der Waals surface area (Å²) in [5.74, 6) is 0.00296. The van der Waals surface area contributed by atoms with Crippen LogP contribution < -0.4 is 10.2 Å². The molecule has 2 N–H and O–H groups in total. The fourth-order valence-electron chi connectivity index (χ4n) is 1.66. The molecule has 0 aliphatic rings. The molecule has 0 saturated heterocycles. The van der Waals surface area contributed by atoms with Crippen LogP contribution in [-0.2, 0) is 4.74 Å². The second-order valence-electron chi connectivity index (χ2n) is 4.23. The van der Waals surface area contributed by atoms with Gasteiger partial charge in [-0.1, -0.05) is 11.3 Å². The Hall–Kier alpha value is -2.61. The predicted molar refractivity (Wildman–Crippen MR) is 84.1 cm³/mol. The number of hydrogen-bond acceptors (Lipinski definition) is 8. The molecular weight excluding hydrogens is 306 g/mol. The zero-order valence-electron chi connectivity index (χ0n) is 12.3. The Balaban J connectivity index is 2.08. The lowest BCUT2D eigenvalue weighted by molar-refractivity contribution is 0.0605. The Bertz CT molecular complexity index is 712. The number of benzene rings is 1. The summed E-state index contributed by atoms with van der Waals surface area (Å²) < 4.78 is 9.68. The van der Waals surface area contributed by atoms with Crippen molar-refractivity contribution in [3.63, 3.8) is 0 Å². The number of esters is 1. The van der Waals surface area contributed by atoms with Gasteiger partial charge in [0.1, 0.15) is 4.88 Å². The van der Waals surface area contributed by atoms with Gasteiger partial charge in [-0.25, -0.2) is 9.78 Å². The summed E-state index contributed by atoms with van der Waals surface area (Å²) in [6, 6.07) is 4.85. The highest BCUT2D eigenvalue weighted by Gasteiger charge is 2.15. The Morgan fingerprint density at radius 2 is 2.23 bits per heavy atom. The van der Waals surface area contributed by atoms with Gasteiger partial charge in [-0.2, -0.15) is 5.10 Å². The molecule has 2 rings (SSSR count). The molecule has 0 unspecified atom stereocenters. The molecule has 0 aliphatic carbocycles. The van der Waals surface area contributed by atoms with Crippen LogP contribution in [0, 0.1) is 6.92 Å². The summed E-state index contributed by atoms with van der Waals surface area (Å²) in [5.41, 5.74) is 4.07. The Labute approximate surface area is 131 Å². The predicted octanol–water partition coefficient (Wildman–Crippen LogP) is 2.40. The maximum atomic E-state index is 11.5. The van der Waals surface area contributed by atoms with Crippen molar-refractivity contribution in [3.05, 3.63) is 34.3 Å². The molecule has 7 nitrogen and oxygen atoms in total. The molecule has 2 aromatic rings. The van der Waals surface area contributed by atoms with Gasteiger partial charge < -0.3 is 14.6 Å². The first-order valence-electron chi connectivity index (χ1n) is 6.27. The van der Waals surface area contributed by atoms with Crippen LogP contribution in [0.15, 0.2) is 23.3 Å². The summed E-state index contributed by atoms with van der Waals surface area (Å²) in [7, 11) is 2.80. The molecule has 0 radical (unpaired) electrons. The zero-order valence-corrected chi connectivity index (χ0v) is 13.1. The van der Waals surface area contributed by atoms with E-state index in [4.69, 9.17) is 4.74 Å². The van der Waals surface area contributed by atoms with Gasteiger partial charge >= 0.3 is 5.97 Å². The molecule has 0 spiro atoms. The van der Waals surface area contributed by atoms with Crippen molar-refractivity contribution < 1.29 is 19.4 Å². The van der Waals surface area contributed by atoms with Crippen LogP contribution in [0.25, 0.3) is 0 Å². The standard InChI is InChI=1S/C14H15N3O4S/c1-8-12(13(19)21-3)22-14(16-8)17-15-7-9-4-5-10(18)11(6-9)20-2/h4-7,18H,1-3H3,(H,16,17)/b15-7-. The largest absolute Gasteiger partial charge is 0.504 e. The number of nitrogens with zero attached hydrogens (tertiary/aromatic N) is 2. The van der Waals surface area contributed by atoms with Gasteiger partial charge in [0.2, 0.25) is 5.13 Å². The first-order valence-corrected chi connectivity index (χ1v) is 7.08. The summed E-state index contributed by atoms with van der Waals surface area (Å²) >= 11 is 1.16. The van der Waals surface area contributed by atoms with Crippen molar-refractivity contribution in [3.8, 4) is 11.5 Å². The lowest BCUT2D eigenvalue weighted by Crippen LogP contribution is -1.99. The van der Waals surface area contributed by atoms with E-state index in [1.807, 2.05) is 0 Å². The normalized spacial score (nSPS) is 10.7. The number of phenols is 1. The van der Waals surface area contributed by atoms with E-state index in [1.165, 1.54) is 20.3 Å². The number of anilines is 1. The molecule has 0 fully saturated rings. The van der Waals surface area contributed by atoms with Gasteiger partial charge in [0, 0.05) is 0 Å². The summed E-state index contributed by atoms with van der Waals surface area (Å²) in [5, 5.41) is 14.0. The molecule has 1 aromatic carbocycles. The van der Waals surface area contributed by atoms with Gasteiger partial charge in [0.25, 0.3) is 0 Å². The highest BCUT2D eigenvalue weighted by Crippen LogP contribution is 2.26. The molecule has 0 saturated carbocycles. The Morgan fingerprint density at radius 3 is 2.91 bits per heavy atom. The van der Waals surface area contributed by atoms with Crippen LogP contribution in [0.5, 0.6) is 11.5 Å². The van der Waals surface area contributed by atoms with Crippen molar-refractivity contribution in [2.75, 3.05) is 19.6 Å². The number of carbonyl (C=O) groups is 1. The number of nitrogens with one attached hydrogen (secondary N) is 1. The molecule has 1 aromatic heterocycles. The number of aromatic nitrogens is 1. The summed E-state index contributed by atoms with van der Waals surface area (Å²) in [4.78, 5) is 16.1.